The van der Waals surface area contributed by atoms with Crippen LogP contribution in [0.5, 0.6) is 0 Å². The second kappa shape index (κ2) is 32.1. The van der Waals surface area contributed by atoms with Crippen LogP contribution >= 0.6 is 0 Å². The molecule has 0 unspecified atom stereocenters. The molecule has 0 saturated carbocycles. The molecule has 520 valence electrons. The van der Waals surface area contributed by atoms with Gasteiger partial charge < -0.3 is 50.3 Å². The lowest BCUT2D eigenvalue weighted by Crippen LogP contribution is -2.54. The number of aromatic nitrogens is 3. The number of halogens is 3. The molecular weight excluding hydrogens is 1250 g/mol. The molecule has 3 aliphatic rings. The molecule has 97 heavy (non-hydrogen) atoms. The normalized spacial score (nSPS) is 14.1. The summed E-state index contributed by atoms with van der Waals surface area (Å²) in [6, 6.07) is 13.0. The number of hydrogen-bond donors (Lipinski definition) is 6. The first-order valence-electron chi connectivity index (χ1n) is 32.4. The first kappa shape index (κ1) is 75.1. The molecule has 2 saturated heterocycles. The van der Waals surface area contributed by atoms with Crippen molar-refractivity contribution in [3.05, 3.63) is 156 Å². The third-order valence-electron chi connectivity index (χ3n) is 18.2. The standard InChI is InChI=1S/C26H35FN4O3.C24H33FN4O3.C22H24FN5O3/c1-16-14-19(10-11-20(16)27)29-24(33)21-17(2)22(30(6)18(21)3)23(32)25(34)28-15-26(4,5)31-12-8-7-9-13-31;1-15-13-18(7-8-19(15)25)26-22(30)20-16(2)21(28(6)17(20)3)23(31)27-24(4,5)14-29-9-11-32-12-10-29;1-12-11-16(5-6-17(12)23)26-21(30)18-13(2)19(28(4)14(18)3)20(29)22(31)24-9-7-15-8-10-25-27-15/h10-11,14H,7-9,12-13,15H2,1-6H3,(H,28,34)(H,29,33);7-8,13H,9-12,14H2,1-6H3,(H,26,30)(H,27,31);5-6,10-11H,7-9H2,1-4H3,(H,24,31)(H,26,30). The van der Waals surface area contributed by atoms with Gasteiger partial charge in [-0.15, -0.1) is 0 Å². The highest BCUT2D eigenvalue weighted by Gasteiger charge is 2.35. The summed E-state index contributed by atoms with van der Waals surface area (Å²) >= 11 is 0. The molecule has 9 rings (SSSR count). The van der Waals surface area contributed by atoms with E-state index in [0.29, 0.717) is 129 Å². The summed E-state index contributed by atoms with van der Waals surface area (Å²) < 4.78 is 50.9. The monoisotopic (exact) mass is 1340 g/mol. The number of carbonyl (C=O) groups excluding carboxylic acids is 8. The van der Waals surface area contributed by atoms with Crippen molar-refractivity contribution in [1.29, 1.82) is 0 Å². The van der Waals surface area contributed by atoms with E-state index in [1.54, 1.807) is 104 Å². The van der Waals surface area contributed by atoms with Crippen molar-refractivity contribution in [1.82, 2.24) is 39.5 Å². The van der Waals surface area contributed by atoms with Crippen LogP contribution in [0.15, 0.2) is 64.8 Å². The summed E-state index contributed by atoms with van der Waals surface area (Å²) in [7, 11) is 5.08. The fourth-order valence-electron chi connectivity index (χ4n) is 12.4. The number of aryl methyl sites for hydroxylation is 3. The van der Waals surface area contributed by atoms with Gasteiger partial charge in [0, 0.05) is 124 Å². The van der Waals surface area contributed by atoms with Crippen molar-refractivity contribution in [3.8, 4) is 0 Å². The van der Waals surface area contributed by atoms with E-state index in [1.165, 1.54) is 53.5 Å². The van der Waals surface area contributed by atoms with Gasteiger partial charge in [-0.1, -0.05) is 6.42 Å². The predicted octanol–water partition coefficient (Wildman–Crippen LogP) is 9.95. The number of piperidine rings is 1. The maximum atomic E-state index is 13.6. The van der Waals surface area contributed by atoms with Gasteiger partial charge in [-0.3, -0.25) is 48.2 Å². The van der Waals surface area contributed by atoms with Crippen LogP contribution in [0.4, 0.5) is 30.2 Å². The van der Waals surface area contributed by atoms with Gasteiger partial charge in [-0.2, -0.15) is 10.2 Å². The number of nitrogens with zero attached hydrogens (tertiary/aromatic N) is 7. The zero-order valence-corrected chi connectivity index (χ0v) is 58.6. The SMILES string of the molecule is Cc1cc(NC(=O)c2c(C)c(C(=O)C(=O)NCC(C)(C)N3CCCCC3)n(C)c2C)ccc1F.Cc1cc(NC(=O)c2c(C)c(C(=O)C(=O)NCCC3=NN=CC3)n(C)c2C)ccc1F.Cc1cc(NC(=O)c2c(C)c(C(=O)NC(C)(C)CN3CCOCC3)n(C)c2C)ccc1F. The second-order valence-electron chi connectivity index (χ2n) is 26.3. The molecule has 22 nitrogen and oxygen atoms in total. The molecule has 3 aromatic carbocycles. The molecule has 0 radical (unpaired) electrons. The summed E-state index contributed by atoms with van der Waals surface area (Å²) in [6.07, 6.45) is 6.33. The third-order valence-corrected chi connectivity index (χ3v) is 18.2. The van der Waals surface area contributed by atoms with Gasteiger partial charge in [0.2, 0.25) is 0 Å². The molecular formula is C72H92F3N13O9. The number of Topliss-reactive ketones (excluding diaryl/α,β-unsaturated/α-hetero) is 2. The van der Waals surface area contributed by atoms with Crippen LogP contribution in [0.1, 0.15) is 173 Å². The van der Waals surface area contributed by atoms with Crippen LogP contribution < -0.4 is 31.9 Å². The first-order valence-corrected chi connectivity index (χ1v) is 32.4. The van der Waals surface area contributed by atoms with Crippen LogP contribution in [0, 0.1) is 79.8 Å². The van der Waals surface area contributed by atoms with E-state index in [-0.39, 0.29) is 52.7 Å². The molecule has 6 N–H and O–H groups in total. The van der Waals surface area contributed by atoms with Gasteiger partial charge in [-0.05, 0) is 204 Å². The van der Waals surface area contributed by atoms with Crippen molar-refractivity contribution < 1.29 is 56.3 Å². The van der Waals surface area contributed by atoms with Crippen LogP contribution in [0.3, 0.4) is 0 Å². The predicted molar refractivity (Wildman–Crippen MR) is 370 cm³/mol. The summed E-state index contributed by atoms with van der Waals surface area (Å²) in [4.78, 5) is 108. The lowest BCUT2D eigenvalue weighted by molar-refractivity contribution is -0.118. The molecule has 6 heterocycles. The molecule has 25 heteroatoms. The summed E-state index contributed by atoms with van der Waals surface area (Å²) in [5, 5.41) is 24.5. The van der Waals surface area contributed by atoms with E-state index in [4.69, 9.17) is 4.74 Å². The Kier molecular flexibility index (Phi) is 24.9. The van der Waals surface area contributed by atoms with E-state index in [0.717, 1.165) is 44.7 Å². The molecule has 3 aliphatic heterocycles. The Morgan fingerprint density at radius 2 is 0.928 bits per heavy atom. The summed E-state index contributed by atoms with van der Waals surface area (Å²) in [5.41, 5.74) is 7.94. The smallest absolute Gasteiger partial charge is 0.294 e. The Morgan fingerprint density at radius 1 is 0.526 bits per heavy atom. The topological polar surface area (TPSA) is 264 Å². The fraction of sp³-hybridized carbons (Fsp3) is 0.444. The van der Waals surface area contributed by atoms with Crippen LogP contribution in [0.2, 0.25) is 0 Å². The number of nitrogens with one attached hydrogen (secondary N) is 6. The Labute approximate surface area is 565 Å². The van der Waals surface area contributed by atoms with Crippen molar-refractivity contribution in [2.75, 3.05) is 75.0 Å². The van der Waals surface area contributed by atoms with E-state index in [9.17, 15) is 51.5 Å². The fourth-order valence-corrected chi connectivity index (χ4v) is 12.4. The van der Waals surface area contributed by atoms with Crippen LogP contribution in [-0.2, 0) is 35.5 Å². The number of ether oxygens (including phenoxy) is 1. The van der Waals surface area contributed by atoms with Gasteiger partial charge in [0.1, 0.15) is 23.1 Å². The highest BCUT2D eigenvalue weighted by atomic mass is 19.1. The first-order chi connectivity index (χ1) is 45.6. The highest BCUT2D eigenvalue weighted by molar-refractivity contribution is 6.43. The number of carbonyl (C=O) groups is 8. The Morgan fingerprint density at radius 3 is 1.33 bits per heavy atom. The van der Waals surface area contributed by atoms with Crippen molar-refractivity contribution in [2.45, 2.75) is 133 Å². The lowest BCUT2D eigenvalue weighted by Gasteiger charge is -2.41. The maximum Gasteiger partial charge on any atom is 0.294 e. The molecule has 6 amide bonds. The van der Waals surface area contributed by atoms with E-state index in [2.05, 4.69) is 65.8 Å². The molecule has 0 bridgehead atoms. The number of likely N-dealkylation sites (tertiary alicyclic amines) is 1. The van der Waals surface area contributed by atoms with Gasteiger partial charge in [-0.25, -0.2) is 13.2 Å². The highest BCUT2D eigenvalue weighted by Crippen LogP contribution is 2.29. The Hall–Kier alpha value is -9.33. The molecule has 0 aliphatic carbocycles. The zero-order chi connectivity index (χ0) is 71.5. The quantitative estimate of drug-likeness (QED) is 0.0309. The van der Waals surface area contributed by atoms with E-state index in [1.807, 2.05) is 20.8 Å². The third kappa shape index (κ3) is 18.2. The van der Waals surface area contributed by atoms with E-state index >= 15 is 0 Å². The minimum atomic E-state index is -0.746. The van der Waals surface area contributed by atoms with E-state index < -0.39 is 40.7 Å². The van der Waals surface area contributed by atoms with Crippen molar-refractivity contribution >= 4 is 76.0 Å². The Bertz CT molecular complexity index is 4090. The number of ketones is 2. The maximum absolute atomic E-state index is 13.6. The average molecular weight is 1340 g/mol. The molecule has 6 aromatic rings. The Balaban J connectivity index is 0.000000205. The van der Waals surface area contributed by atoms with Gasteiger partial charge in [0.15, 0.2) is 0 Å². The van der Waals surface area contributed by atoms with Crippen LogP contribution in [-0.4, -0.2) is 153 Å². The van der Waals surface area contributed by atoms with Gasteiger partial charge in [0.25, 0.3) is 47.0 Å². The minimum Gasteiger partial charge on any atom is -0.379 e. The number of morpholine rings is 1. The number of rotatable bonds is 20. The van der Waals surface area contributed by atoms with Crippen LogP contribution in [0.25, 0.3) is 0 Å². The second-order valence-corrected chi connectivity index (χ2v) is 26.3. The molecule has 3 aromatic heterocycles. The zero-order valence-electron chi connectivity index (χ0n) is 58.6. The summed E-state index contributed by atoms with van der Waals surface area (Å²) in [5.74, 6) is -5.26. The van der Waals surface area contributed by atoms with Gasteiger partial charge in [0.05, 0.1) is 41.3 Å². The lowest BCUT2D eigenvalue weighted by atomic mass is 9.98. The molecule has 0 spiro atoms. The largest absolute Gasteiger partial charge is 0.379 e. The summed E-state index contributed by atoms with van der Waals surface area (Å²) in [6.45, 7) is 29.7. The number of benzene rings is 3. The molecule has 2 fully saturated rings. The van der Waals surface area contributed by atoms with Crippen molar-refractivity contribution in [3.63, 3.8) is 0 Å². The molecule has 0 atom stereocenters. The minimum absolute atomic E-state index is 0.150. The average Bonchev–Trinajstić information content (AvgIpc) is 1.65. The number of anilines is 3. The van der Waals surface area contributed by atoms with Gasteiger partial charge >= 0.3 is 0 Å². The number of amides is 6. The number of hydrogen-bond acceptors (Lipinski definition) is 13. The van der Waals surface area contributed by atoms with Crippen molar-refractivity contribution in [2.24, 2.45) is 31.3 Å².